The highest BCUT2D eigenvalue weighted by Crippen LogP contribution is 2.17. The van der Waals surface area contributed by atoms with Gasteiger partial charge < -0.3 is 10.2 Å². The van der Waals surface area contributed by atoms with E-state index in [9.17, 15) is 21.9 Å². The van der Waals surface area contributed by atoms with Gasteiger partial charge in [-0.1, -0.05) is 0 Å². The first-order valence-corrected chi connectivity index (χ1v) is 5.16. The lowest BCUT2D eigenvalue weighted by molar-refractivity contribution is 0.0696. The molecule has 0 saturated heterocycles. The lowest BCUT2D eigenvalue weighted by Gasteiger charge is -2.01. The summed E-state index contributed by atoms with van der Waals surface area (Å²) in [5.41, 5.74) is -1.23. The third kappa shape index (κ3) is 2.54. The summed E-state index contributed by atoms with van der Waals surface area (Å²) in [5.74, 6) is -3.10. The van der Waals surface area contributed by atoms with Gasteiger partial charge in [0.25, 0.3) is 0 Å². The van der Waals surface area contributed by atoms with E-state index in [0.717, 1.165) is 6.07 Å². The summed E-state index contributed by atoms with van der Waals surface area (Å²) in [5, 5.41) is 17.1. The number of hydrogen-bond donors (Lipinski definition) is 2. The van der Waals surface area contributed by atoms with Crippen LogP contribution in [-0.4, -0.2) is 30.6 Å². The molecule has 0 heterocycles. The van der Waals surface area contributed by atoms with Crippen molar-refractivity contribution >= 4 is 22.2 Å². The van der Waals surface area contributed by atoms with Gasteiger partial charge in [-0.15, -0.1) is 3.89 Å². The Kier molecular flexibility index (Phi) is 2.95. The van der Waals surface area contributed by atoms with Crippen LogP contribution in [0.5, 0.6) is 0 Å². The van der Waals surface area contributed by atoms with Crippen LogP contribution >= 0.6 is 0 Å². The molecule has 1 rings (SSSR count). The third-order valence-corrected chi connectivity index (χ3v) is 2.48. The molecule has 0 radical (unpaired) electrons. The van der Waals surface area contributed by atoms with Crippen molar-refractivity contribution < 1.29 is 32.1 Å². The second kappa shape index (κ2) is 3.89. The van der Waals surface area contributed by atoms with Crippen molar-refractivity contribution in [2.75, 3.05) is 0 Å². The first-order valence-electron chi connectivity index (χ1n) is 3.78. The number of carbonyl (C=O) groups is 2. The van der Waals surface area contributed by atoms with E-state index in [4.69, 9.17) is 10.2 Å². The average Bonchev–Trinajstić information content (AvgIpc) is 2.15. The molecular weight excluding hydrogens is 243 g/mol. The van der Waals surface area contributed by atoms with Gasteiger partial charge in [0.15, 0.2) is 0 Å². The monoisotopic (exact) mass is 248 g/mol. The van der Waals surface area contributed by atoms with Crippen molar-refractivity contribution in [3.8, 4) is 0 Å². The largest absolute Gasteiger partial charge is 0.478 e. The summed E-state index contributed by atoms with van der Waals surface area (Å²) in [6.45, 7) is 0. The Bertz CT molecular complexity index is 530. The van der Waals surface area contributed by atoms with Crippen molar-refractivity contribution in [2.45, 2.75) is 4.90 Å². The van der Waals surface area contributed by atoms with Crippen LogP contribution in [0, 0.1) is 0 Å². The first kappa shape index (κ1) is 12.1. The van der Waals surface area contributed by atoms with Gasteiger partial charge in [-0.05, 0) is 18.2 Å². The van der Waals surface area contributed by atoms with Crippen molar-refractivity contribution in [2.24, 2.45) is 0 Å². The summed E-state index contributed by atoms with van der Waals surface area (Å²) in [7, 11) is -5.14. The fraction of sp³-hybridized carbons (Fsp3) is 0. The minimum atomic E-state index is -5.14. The molecule has 0 aliphatic carbocycles. The Balaban J connectivity index is 3.54. The molecule has 0 saturated carbocycles. The second-order valence-corrected chi connectivity index (χ2v) is 4.14. The molecule has 0 fully saturated rings. The van der Waals surface area contributed by atoms with Gasteiger partial charge in [-0.2, -0.15) is 8.42 Å². The SMILES string of the molecule is O=C(O)c1cc(C(=O)O)cc(S(=O)(=O)F)c1. The molecule has 1 aromatic carbocycles. The minimum absolute atomic E-state index is 0.546. The van der Waals surface area contributed by atoms with E-state index in [2.05, 4.69) is 0 Å². The van der Waals surface area contributed by atoms with Crippen LogP contribution < -0.4 is 0 Å². The Morgan fingerprint density at radius 3 is 1.62 bits per heavy atom. The van der Waals surface area contributed by atoms with Gasteiger partial charge in [-0.25, -0.2) is 9.59 Å². The van der Waals surface area contributed by atoms with Gasteiger partial charge in [0, 0.05) is 0 Å². The zero-order valence-electron chi connectivity index (χ0n) is 7.55. The summed E-state index contributed by atoms with van der Waals surface area (Å²) in [6, 6.07) is 1.83. The van der Waals surface area contributed by atoms with Crippen LogP contribution in [0.15, 0.2) is 23.1 Å². The lowest BCUT2D eigenvalue weighted by Crippen LogP contribution is -2.05. The maximum atomic E-state index is 12.6. The molecule has 0 atom stereocenters. The Hall–Kier alpha value is -1.96. The van der Waals surface area contributed by atoms with E-state index < -0.39 is 38.2 Å². The highest BCUT2D eigenvalue weighted by molar-refractivity contribution is 7.86. The quantitative estimate of drug-likeness (QED) is 0.763. The number of carboxylic acids is 2. The van der Waals surface area contributed by atoms with E-state index in [0.29, 0.717) is 12.1 Å². The molecule has 86 valence electrons. The van der Waals surface area contributed by atoms with Crippen molar-refractivity contribution in [3.05, 3.63) is 29.3 Å². The van der Waals surface area contributed by atoms with Crippen LogP contribution in [0.2, 0.25) is 0 Å². The molecule has 0 aliphatic rings. The molecule has 0 amide bonds. The number of aromatic carboxylic acids is 2. The number of carboxylic acid groups (broad SMARTS) is 2. The maximum absolute atomic E-state index is 12.6. The highest BCUT2D eigenvalue weighted by Gasteiger charge is 2.18. The first-order chi connectivity index (χ1) is 7.21. The van der Waals surface area contributed by atoms with Crippen molar-refractivity contribution in [1.29, 1.82) is 0 Å². The molecular formula is C8H5FO6S. The highest BCUT2D eigenvalue weighted by atomic mass is 32.3. The van der Waals surface area contributed by atoms with E-state index >= 15 is 0 Å². The molecule has 2 N–H and O–H groups in total. The molecule has 8 heteroatoms. The fourth-order valence-electron chi connectivity index (χ4n) is 0.987. The lowest BCUT2D eigenvalue weighted by atomic mass is 10.1. The number of rotatable bonds is 3. The van der Waals surface area contributed by atoms with Gasteiger partial charge in [0.1, 0.15) is 4.90 Å². The Labute approximate surface area is 89.2 Å². The smallest absolute Gasteiger partial charge is 0.335 e. The van der Waals surface area contributed by atoms with Crippen molar-refractivity contribution in [3.63, 3.8) is 0 Å². The second-order valence-electron chi connectivity index (χ2n) is 2.79. The van der Waals surface area contributed by atoms with Crippen LogP contribution in [0.4, 0.5) is 3.89 Å². The number of hydrogen-bond acceptors (Lipinski definition) is 4. The van der Waals surface area contributed by atoms with Gasteiger partial charge in [0.05, 0.1) is 11.1 Å². The molecule has 0 bridgehead atoms. The van der Waals surface area contributed by atoms with E-state index in [-0.39, 0.29) is 0 Å². The summed E-state index contributed by atoms with van der Waals surface area (Å²) in [4.78, 5) is 20.1. The number of halogens is 1. The zero-order chi connectivity index (χ0) is 12.5. The molecule has 1 aromatic rings. The normalized spacial score (nSPS) is 11.1. The summed E-state index contributed by atoms with van der Waals surface area (Å²) >= 11 is 0. The fourth-order valence-corrected chi connectivity index (χ4v) is 1.52. The summed E-state index contributed by atoms with van der Waals surface area (Å²) < 4.78 is 33.7. The van der Waals surface area contributed by atoms with Gasteiger partial charge in [-0.3, -0.25) is 0 Å². The van der Waals surface area contributed by atoms with Crippen LogP contribution in [0.25, 0.3) is 0 Å². The Morgan fingerprint density at radius 1 is 1.00 bits per heavy atom. The van der Waals surface area contributed by atoms with Crippen LogP contribution in [0.3, 0.4) is 0 Å². The minimum Gasteiger partial charge on any atom is -0.478 e. The van der Waals surface area contributed by atoms with E-state index in [1.807, 2.05) is 0 Å². The van der Waals surface area contributed by atoms with Crippen LogP contribution in [-0.2, 0) is 10.2 Å². The predicted molar refractivity (Wildman–Crippen MR) is 48.7 cm³/mol. The molecule has 6 nitrogen and oxygen atoms in total. The molecule has 0 spiro atoms. The topological polar surface area (TPSA) is 109 Å². The number of benzene rings is 1. The molecule has 16 heavy (non-hydrogen) atoms. The average molecular weight is 248 g/mol. The molecule has 0 aromatic heterocycles. The van der Waals surface area contributed by atoms with Gasteiger partial charge >= 0.3 is 22.2 Å². The van der Waals surface area contributed by atoms with Crippen molar-refractivity contribution in [1.82, 2.24) is 0 Å². The Morgan fingerprint density at radius 2 is 1.38 bits per heavy atom. The maximum Gasteiger partial charge on any atom is 0.335 e. The summed E-state index contributed by atoms with van der Waals surface area (Å²) in [6.07, 6.45) is 0. The zero-order valence-corrected chi connectivity index (χ0v) is 8.36. The third-order valence-electron chi connectivity index (χ3n) is 1.68. The van der Waals surface area contributed by atoms with E-state index in [1.165, 1.54) is 0 Å². The van der Waals surface area contributed by atoms with E-state index in [1.54, 1.807) is 0 Å². The standard InChI is InChI=1S/C8H5FO6S/c9-16(14,15)6-2-4(7(10)11)1-5(3-6)8(12)13/h1-3H,(H,10,11)(H,12,13). The van der Waals surface area contributed by atoms with Gasteiger partial charge in [0.2, 0.25) is 0 Å². The van der Waals surface area contributed by atoms with Crippen LogP contribution in [0.1, 0.15) is 20.7 Å². The molecule has 0 aliphatic heterocycles. The predicted octanol–water partition coefficient (Wildman–Crippen LogP) is 0.741. The molecule has 0 unspecified atom stereocenters.